The largest absolute Gasteiger partial charge is 0.323 e. The Bertz CT molecular complexity index is 700. The van der Waals surface area contributed by atoms with Crippen LogP contribution in [-0.2, 0) is 0 Å². The lowest BCUT2D eigenvalue weighted by Crippen LogP contribution is -2.24. The minimum absolute atomic E-state index is 0.270. The van der Waals surface area contributed by atoms with E-state index in [0.29, 0.717) is 5.02 Å². The molecule has 3 nitrogen and oxygen atoms in total. The van der Waals surface area contributed by atoms with Gasteiger partial charge < -0.3 is 10.6 Å². The predicted molar refractivity (Wildman–Crippen MR) is 93.3 cm³/mol. The van der Waals surface area contributed by atoms with Crippen molar-refractivity contribution in [2.45, 2.75) is 20.8 Å². The highest BCUT2D eigenvalue weighted by atomic mass is 35.5. The van der Waals surface area contributed by atoms with Gasteiger partial charge in [0.1, 0.15) is 0 Å². The van der Waals surface area contributed by atoms with E-state index in [4.69, 9.17) is 11.6 Å². The second-order valence-electron chi connectivity index (χ2n) is 5.26. The first-order chi connectivity index (χ1) is 10.5. The van der Waals surface area contributed by atoms with Crippen LogP contribution in [0.15, 0.2) is 42.6 Å². The third-order valence-corrected chi connectivity index (χ3v) is 3.49. The Labute approximate surface area is 136 Å². The topological polar surface area (TPSA) is 41.1 Å². The van der Waals surface area contributed by atoms with Crippen molar-refractivity contribution in [3.63, 3.8) is 0 Å². The van der Waals surface area contributed by atoms with Crippen LogP contribution in [0.1, 0.15) is 22.3 Å². The molecule has 0 spiro atoms. The predicted octanol–water partition coefficient (Wildman–Crippen LogP) is 5.06. The van der Waals surface area contributed by atoms with Crippen LogP contribution in [0, 0.1) is 20.8 Å². The van der Waals surface area contributed by atoms with Gasteiger partial charge in [0, 0.05) is 16.9 Å². The molecule has 0 heterocycles. The van der Waals surface area contributed by atoms with E-state index >= 15 is 0 Å². The number of rotatable bonds is 3. The molecule has 0 aromatic heterocycles. The number of aryl methyl sites for hydroxylation is 3. The number of halogens is 1. The molecule has 2 N–H and O–H groups in total. The first kappa shape index (κ1) is 16.1. The van der Waals surface area contributed by atoms with Crippen LogP contribution >= 0.6 is 11.6 Å². The molecule has 0 atom stereocenters. The van der Waals surface area contributed by atoms with Gasteiger partial charge in [-0.05, 0) is 55.7 Å². The Hall–Kier alpha value is -2.26. The fourth-order valence-electron chi connectivity index (χ4n) is 2.35. The second kappa shape index (κ2) is 7.14. The van der Waals surface area contributed by atoms with Crippen molar-refractivity contribution in [2.75, 3.05) is 5.32 Å². The smallest absolute Gasteiger partial charge is 0.314 e. The summed E-state index contributed by atoms with van der Waals surface area (Å²) in [6, 6.07) is 11.2. The molecular formula is C18H19ClN2O. The Kier molecular flexibility index (Phi) is 5.23. The normalized spacial score (nSPS) is 10.7. The number of carbonyl (C=O) groups is 1. The van der Waals surface area contributed by atoms with E-state index in [1.807, 2.05) is 57.2 Å². The fourth-order valence-corrected chi connectivity index (χ4v) is 2.55. The van der Waals surface area contributed by atoms with Crippen molar-refractivity contribution < 1.29 is 4.79 Å². The number of nitrogens with one attached hydrogen (secondary N) is 2. The van der Waals surface area contributed by atoms with Crippen molar-refractivity contribution in [1.29, 1.82) is 0 Å². The summed E-state index contributed by atoms with van der Waals surface area (Å²) in [5, 5.41) is 6.23. The zero-order valence-electron chi connectivity index (χ0n) is 12.9. The van der Waals surface area contributed by atoms with Crippen molar-refractivity contribution in [2.24, 2.45) is 0 Å². The summed E-state index contributed by atoms with van der Waals surface area (Å²) in [7, 11) is 0. The third kappa shape index (κ3) is 4.37. The van der Waals surface area contributed by atoms with Gasteiger partial charge in [0.15, 0.2) is 0 Å². The van der Waals surface area contributed by atoms with E-state index in [1.165, 1.54) is 5.56 Å². The highest BCUT2D eigenvalue weighted by molar-refractivity contribution is 6.30. The number of urea groups is 1. The summed E-state index contributed by atoms with van der Waals surface area (Å²) < 4.78 is 0. The third-order valence-electron chi connectivity index (χ3n) is 3.25. The van der Waals surface area contributed by atoms with Crippen LogP contribution in [0.4, 0.5) is 10.5 Å². The maximum Gasteiger partial charge on any atom is 0.323 e. The lowest BCUT2D eigenvalue weighted by Gasteiger charge is -2.12. The highest BCUT2D eigenvalue weighted by Crippen LogP contribution is 2.21. The minimum Gasteiger partial charge on any atom is -0.314 e. The van der Waals surface area contributed by atoms with Gasteiger partial charge in [-0.1, -0.05) is 41.4 Å². The fraction of sp³-hybridized carbons (Fsp3) is 0.167. The standard InChI is InChI=1S/C18H19ClN2O/c1-12-9-13(2)17(14(3)10-12)21-18(22)20-8-7-15-5-4-6-16(19)11-15/h4-11H,1-3H3,(H2,20,21,22)/b8-7+. The molecular weight excluding hydrogens is 296 g/mol. The summed E-state index contributed by atoms with van der Waals surface area (Å²) in [4.78, 5) is 12.0. The van der Waals surface area contributed by atoms with Gasteiger partial charge in [-0.25, -0.2) is 4.79 Å². The molecule has 0 aliphatic rings. The Balaban J connectivity index is 1.99. The molecule has 2 rings (SSSR count). The molecule has 22 heavy (non-hydrogen) atoms. The molecule has 0 fully saturated rings. The molecule has 0 radical (unpaired) electrons. The first-order valence-electron chi connectivity index (χ1n) is 7.03. The summed E-state index contributed by atoms with van der Waals surface area (Å²) in [6.45, 7) is 6.01. The van der Waals surface area contributed by atoms with E-state index in [2.05, 4.69) is 10.6 Å². The summed E-state index contributed by atoms with van der Waals surface area (Å²) in [5.41, 5.74) is 5.05. The molecule has 114 valence electrons. The molecule has 2 aromatic carbocycles. The van der Waals surface area contributed by atoms with Crippen molar-refractivity contribution in [3.8, 4) is 0 Å². The number of anilines is 1. The van der Waals surface area contributed by atoms with Gasteiger partial charge in [-0.3, -0.25) is 0 Å². The maximum atomic E-state index is 12.0. The average Bonchev–Trinajstić information content (AvgIpc) is 2.43. The van der Waals surface area contributed by atoms with Crippen LogP contribution in [0.3, 0.4) is 0 Å². The van der Waals surface area contributed by atoms with Gasteiger partial charge in [0.05, 0.1) is 0 Å². The molecule has 0 saturated carbocycles. The van der Waals surface area contributed by atoms with E-state index in [0.717, 1.165) is 22.4 Å². The highest BCUT2D eigenvalue weighted by Gasteiger charge is 2.06. The molecule has 4 heteroatoms. The SMILES string of the molecule is Cc1cc(C)c(NC(=O)N/C=C/c2cccc(Cl)c2)c(C)c1. The Morgan fingerprint density at radius 1 is 1.09 bits per heavy atom. The van der Waals surface area contributed by atoms with E-state index in [-0.39, 0.29) is 6.03 Å². The molecule has 0 aliphatic heterocycles. The molecule has 2 aromatic rings. The van der Waals surface area contributed by atoms with Gasteiger partial charge in [-0.15, -0.1) is 0 Å². The zero-order chi connectivity index (χ0) is 16.1. The molecule has 2 amide bonds. The van der Waals surface area contributed by atoms with Gasteiger partial charge in [0.25, 0.3) is 0 Å². The van der Waals surface area contributed by atoms with Crippen molar-refractivity contribution in [3.05, 3.63) is 69.9 Å². The summed E-state index contributed by atoms with van der Waals surface area (Å²) in [5.74, 6) is 0. The lowest BCUT2D eigenvalue weighted by molar-refractivity contribution is 0.255. The molecule has 0 unspecified atom stereocenters. The van der Waals surface area contributed by atoms with Crippen LogP contribution in [-0.4, -0.2) is 6.03 Å². The first-order valence-corrected chi connectivity index (χ1v) is 7.41. The summed E-state index contributed by atoms with van der Waals surface area (Å²) >= 11 is 5.91. The van der Waals surface area contributed by atoms with E-state index < -0.39 is 0 Å². The second-order valence-corrected chi connectivity index (χ2v) is 5.70. The number of hydrogen-bond acceptors (Lipinski definition) is 1. The van der Waals surface area contributed by atoms with Crippen molar-refractivity contribution in [1.82, 2.24) is 5.32 Å². The number of carbonyl (C=O) groups excluding carboxylic acids is 1. The maximum absolute atomic E-state index is 12.0. The lowest BCUT2D eigenvalue weighted by atomic mass is 10.1. The molecule has 0 saturated heterocycles. The van der Waals surface area contributed by atoms with Gasteiger partial charge in [0.2, 0.25) is 0 Å². The Morgan fingerprint density at radius 2 is 1.77 bits per heavy atom. The van der Waals surface area contributed by atoms with Gasteiger partial charge >= 0.3 is 6.03 Å². The monoisotopic (exact) mass is 314 g/mol. The van der Waals surface area contributed by atoms with Crippen molar-refractivity contribution >= 4 is 29.4 Å². The van der Waals surface area contributed by atoms with Gasteiger partial charge in [-0.2, -0.15) is 0 Å². The number of hydrogen-bond donors (Lipinski definition) is 2. The van der Waals surface area contributed by atoms with Crippen LogP contribution < -0.4 is 10.6 Å². The summed E-state index contributed by atoms with van der Waals surface area (Å²) in [6.07, 6.45) is 3.39. The van der Waals surface area contributed by atoms with Crippen LogP contribution in [0.5, 0.6) is 0 Å². The average molecular weight is 315 g/mol. The molecule has 0 aliphatic carbocycles. The van der Waals surface area contributed by atoms with E-state index in [1.54, 1.807) is 12.3 Å². The zero-order valence-corrected chi connectivity index (χ0v) is 13.7. The van der Waals surface area contributed by atoms with Crippen LogP contribution in [0.25, 0.3) is 6.08 Å². The number of benzene rings is 2. The number of amides is 2. The minimum atomic E-state index is -0.270. The molecule has 0 bridgehead atoms. The van der Waals surface area contributed by atoms with E-state index in [9.17, 15) is 4.79 Å². The quantitative estimate of drug-likeness (QED) is 0.817. The Morgan fingerprint density at radius 3 is 2.41 bits per heavy atom. The van der Waals surface area contributed by atoms with Crippen LogP contribution in [0.2, 0.25) is 5.02 Å².